The summed E-state index contributed by atoms with van der Waals surface area (Å²) in [7, 11) is 1.82. The molecule has 5 nitrogen and oxygen atoms in total. The zero-order chi connectivity index (χ0) is 13.9. The second kappa shape index (κ2) is 12.0. The topological polar surface area (TPSA) is 54.2 Å². The first-order valence-electron chi connectivity index (χ1n) is 7.20. The Bertz CT molecular complexity index is 346. The minimum absolute atomic E-state index is 0. The third-order valence-corrected chi connectivity index (χ3v) is 3.38. The molecule has 2 N–H and O–H groups in total. The van der Waals surface area contributed by atoms with Crippen molar-refractivity contribution in [3.05, 3.63) is 18.7 Å². The van der Waals surface area contributed by atoms with Gasteiger partial charge in [-0.1, -0.05) is 26.7 Å². The van der Waals surface area contributed by atoms with Gasteiger partial charge in [-0.2, -0.15) is 0 Å². The summed E-state index contributed by atoms with van der Waals surface area (Å²) >= 11 is 0. The quantitative estimate of drug-likeness (QED) is 0.309. The van der Waals surface area contributed by atoms with Crippen LogP contribution < -0.4 is 10.6 Å². The van der Waals surface area contributed by atoms with Crippen molar-refractivity contribution in [1.29, 1.82) is 0 Å². The van der Waals surface area contributed by atoms with Gasteiger partial charge in [0.2, 0.25) is 0 Å². The molecular weight excluding hydrogens is 365 g/mol. The lowest BCUT2D eigenvalue weighted by molar-refractivity contribution is 0.481. The van der Waals surface area contributed by atoms with Gasteiger partial charge in [-0.3, -0.25) is 4.99 Å². The van der Waals surface area contributed by atoms with Gasteiger partial charge in [0.05, 0.1) is 6.33 Å². The summed E-state index contributed by atoms with van der Waals surface area (Å²) in [6, 6.07) is 0. The monoisotopic (exact) mass is 393 g/mol. The number of guanidine groups is 1. The molecule has 0 aliphatic rings. The molecule has 0 saturated heterocycles. The average molecular weight is 393 g/mol. The Morgan fingerprint density at radius 2 is 2.05 bits per heavy atom. The number of hydrogen-bond acceptors (Lipinski definition) is 2. The van der Waals surface area contributed by atoms with E-state index in [1.54, 1.807) is 0 Å². The molecule has 0 atom stereocenters. The molecule has 1 aromatic heterocycles. The summed E-state index contributed by atoms with van der Waals surface area (Å²) in [5.74, 6) is 1.63. The Hall–Kier alpha value is -0.790. The summed E-state index contributed by atoms with van der Waals surface area (Å²) in [5.41, 5.74) is 0. The maximum Gasteiger partial charge on any atom is 0.190 e. The van der Waals surface area contributed by atoms with Gasteiger partial charge in [-0.05, 0) is 12.3 Å². The molecule has 1 aromatic rings. The molecule has 0 saturated carbocycles. The predicted molar refractivity (Wildman–Crippen MR) is 95.7 cm³/mol. The van der Waals surface area contributed by atoms with Crippen molar-refractivity contribution in [2.24, 2.45) is 10.9 Å². The molecule has 0 fully saturated rings. The van der Waals surface area contributed by atoms with Crippen LogP contribution in [0.15, 0.2) is 23.7 Å². The Kier molecular flexibility index (Phi) is 11.5. The number of aromatic nitrogens is 2. The normalized spacial score (nSPS) is 11.3. The van der Waals surface area contributed by atoms with Crippen LogP contribution in [0.4, 0.5) is 0 Å². The van der Waals surface area contributed by atoms with E-state index >= 15 is 0 Å². The van der Waals surface area contributed by atoms with Gasteiger partial charge in [-0.15, -0.1) is 24.0 Å². The largest absolute Gasteiger partial charge is 0.356 e. The first kappa shape index (κ1) is 19.2. The Morgan fingerprint density at radius 3 is 2.60 bits per heavy atom. The number of imidazole rings is 1. The van der Waals surface area contributed by atoms with E-state index < -0.39 is 0 Å². The highest BCUT2D eigenvalue weighted by Gasteiger charge is 2.04. The molecule has 0 amide bonds. The van der Waals surface area contributed by atoms with Gasteiger partial charge >= 0.3 is 0 Å². The molecule has 20 heavy (non-hydrogen) atoms. The van der Waals surface area contributed by atoms with Crippen LogP contribution in [0.1, 0.15) is 33.1 Å². The van der Waals surface area contributed by atoms with E-state index in [0.717, 1.165) is 37.9 Å². The Balaban J connectivity index is 0.00000361. The lowest BCUT2D eigenvalue weighted by Crippen LogP contribution is -2.40. The lowest BCUT2D eigenvalue weighted by Gasteiger charge is -2.16. The van der Waals surface area contributed by atoms with E-state index in [1.807, 2.05) is 25.8 Å². The standard InChI is InChI=1S/C14H27N5.HI/c1-4-13(5-2)11-18-14(15-3)17-7-6-9-19-10-8-16-12-19;/h8,10,12-13H,4-7,9,11H2,1-3H3,(H2,15,17,18);1H. The second-order valence-corrected chi connectivity index (χ2v) is 4.72. The first-order chi connectivity index (χ1) is 9.30. The lowest BCUT2D eigenvalue weighted by atomic mass is 10.0. The van der Waals surface area contributed by atoms with Crippen molar-refractivity contribution in [3.8, 4) is 0 Å². The highest BCUT2D eigenvalue weighted by Crippen LogP contribution is 2.04. The van der Waals surface area contributed by atoms with E-state index in [9.17, 15) is 0 Å². The number of nitrogens with zero attached hydrogens (tertiary/aromatic N) is 3. The summed E-state index contributed by atoms with van der Waals surface area (Å²) < 4.78 is 2.09. The first-order valence-corrected chi connectivity index (χ1v) is 7.20. The fraction of sp³-hybridized carbons (Fsp3) is 0.714. The number of aryl methyl sites for hydroxylation is 1. The van der Waals surface area contributed by atoms with E-state index in [-0.39, 0.29) is 24.0 Å². The summed E-state index contributed by atoms with van der Waals surface area (Å²) in [6.07, 6.45) is 9.12. The number of nitrogens with one attached hydrogen (secondary N) is 2. The van der Waals surface area contributed by atoms with Crippen LogP contribution in [0.5, 0.6) is 0 Å². The highest BCUT2D eigenvalue weighted by atomic mass is 127. The van der Waals surface area contributed by atoms with E-state index in [4.69, 9.17) is 0 Å². The van der Waals surface area contributed by atoms with Gasteiger partial charge in [0.25, 0.3) is 0 Å². The number of rotatable bonds is 8. The van der Waals surface area contributed by atoms with Gasteiger partial charge in [0.15, 0.2) is 5.96 Å². The van der Waals surface area contributed by atoms with Gasteiger partial charge < -0.3 is 15.2 Å². The summed E-state index contributed by atoms with van der Waals surface area (Å²) in [5, 5.41) is 6.73. The van der Waals surface area contributed by atoms with Crippen molar-refractivity contribution in [2.75, 3.05) is 20.1 Å². The van der Waals surface area contributed by atoms with Crippen LogP contribution >= 0.6 is 24.0 Å². The molecule has 1 rings (SSSR count). The van der Waals surface area contributed by atoms with Crippen molar-refractivity contribution >= 4 is 29.9 Å². The Morgan fingerprint density at radius 1 is 1.30 bits per heavy atom. The molecule has 6 heteroatoms. The van der Waals surface area contributed by atoms with Crippen LogP contribution in [-0.4, -0.2) is 35.6 Å². The van der Waals surface area contributed by atoms with Gasteiger partial charge in [-0.25, -0.2) is 4.98 Å². The van der Waals surface area contributed by atoms with Gasteiger partial charge in [0.1, 0.15) is 0 Å². The third kappa shape index (κ3) is 7.72. The highest BCUT2D eigenvalue weighted by molar-refractivity contribution is 14.0. The molecule has 0 spiro atoms. The van der Waals surface area contributed by atoms with Crippen LogP contribution in [-0.2, 0) is 6.54 Å². The average Bonchev–Trinajstić information content (AvgIpc) is 2.95. The van der Waals surface area contributed by atoms with E-state index in [0.29, 0.717) is 0 Å². The minimum Gasteiger partial charge on any atom is -0.356 e. The molecular formula is C14H28IN5. The van der Waals surface area contributed by atoms with Crippen LogP contribution in [0.2, 0.25) is 0 Å². The summed E-state index contributed by atoms with van der Waals surface area (Å²) in [6.45, 7) is 7.36. The van der Waals surface area contributed by atoms with Crippen molar-refractivity contribution in [1.82, 2.24) is 20.2 Å². The SMILES string of the molecule is CCC(CC)CNC(=NC)NCCCn1ccnc1.I. The van der Waals surface area contributed by atoms with Crippen LogP contribution in [0.3, 0.4) is 0 Å². The zero-order valence-corrected chi connectivity index (χ0v) is 15.1. The van der Waals surface area contributed by atoms with E-state index in [2.05, 4.69) is 39.0 Å². The molecule has 0 aromatic carbocycles. The van der Waals surface area contributed by atoms with Crippen LogP contribution in [0.25, 0.3) is 0 Å². The molecule has 1 heterocycles. The number of aliphatic imine (C=N–C) groups is 1. The van der Waals surface area contributed by atoms with Crippen molar-refractivity contribution in [2.45, 2.75) is 39.7 Å². The smallest absolute Gasteiger partial charge is 0.190 e. The predicted octanol–water partition coefficient (Wildman–Crippen LogP) is 2.49. The molecule has 116 valence electrons. The zero-order valence-electron chi connectivity index (χ0n) is 12.8. The van der Waals surface area contributed by atoms with E-state index in [1.165, 1.54) is 12.8 Å². The molecule has 0 unspecified atom stereocenters. The second-order valence-electron chi connectivity index (χ2n) is 4.72. The maximum absolute atomic E-state index is 4.24. The third-order valence-electron chi connectivity index (χ3n) is 3.38. The maximum atomic E-state index is 4.24. The molecule has 0 bridgehead atoms. The van der Waals surface area contributed by atoms with Crippen molar-refractivity contribution in [3.63, 3.8) is 0 Å². The number of halogens is 1. The van der Waals surface area contributed by atoms with Gasteiger partial charge in [0, 0.05) is 39.1 Å². The number of hydrogen-bond donors (Lipinski definition) is 2. The molecule has 0 aliphatic heterocycles. The fourth-order valence-corrected chi connectivity index (χ4v) is 1.93. The summed E-state index contributed by atoms with van der Waals surface area (Å²) in [4.78, 5) is 8.26. The fourth-order valence-electron chi connectivity index (χ4n) is 1.93. The Labute approximate surface area is 139 Å². The minimum atomic E-state index is 0. The molecule has 0 aliphatic carbocycles. The van der Waals surface area contributed by atoms with Crippen LogP contribution in [0, 0.1) is 5.92 Å². The van der Waals surface area contributed by atoms with Crippen molar-refractivity contribution < 1.29 is 0 Å². The molecule has 0 radical (unpaired) electrons.